The van der Waals surface area contributed by atoms with Crippen molar-refractivity contribution >= 4 is 11.3 Å². The van der Waals surface area contributed by atoms with Crippen LogP contribution in [0.1, 0.15) is 54.4 Å². The number of nitrogens with zero attached hydrogens (tertiary/aromatic N) is 4. The third kappa shape index (κ3) is 4.52. The second kappa shape index (κ2) is 8.53. The second-order valence-electron chi connectivity index (χ2n) is 8.63. The van der Waals surface area contributed by atoms with E-state index in [1.807, 2.05) is 16.8 Å². The molecule has 0 spiro atoms. The molecule has 1 N–H and O–H groups in total. The molecule has 0 aliphatic carbocycles. The third-order valence-electron chi connectivity index (χ3n) is 5.17. The molecule has 0 bridgehead atoms. The van der Waals surface area contributed by atoms with Gasteiger partial charge in [-0.2, -0.15) is 0 Å². The molecular weight excluding hydrogens is 394 g/mol. The lowest BCUT2D eigenvalue weighted by Gasteiger charge is -2.30. The molecule has 7 heteroatoms. The number of rotatable bonds is 7. The van der Waals surface area contributed by atoms with E-state index in [-0.39, 0.29) is 11.6 Å². The number of quaternary nitrogens is 1. The predicted molar refractivity (Wildman–Crippen MR) is 117 cm³/mol. The van der Waals surface area contributed by atoms with Crippen molar-refractivity contribution in [1.29, 1.82) is 0 Å². The zero-order valence-electron chi connectivity index (χ0n) is 17.9. The highest BCUT2D eigenvalue weighted by molar-refractivity contribution is 7.09. The van der Waals surface area contributed by atoms with Crippen LogP contribution in [0, 0.1) is 6.92 Å². The normalized spacial score (nSPS) is 14.0. The van der Waals surface area contributed by atoms with Gasteiger partial charge in [0.25, 0.3) is 0 Å². The Bertz CT molecular complexity index is 1010. The summed E-state index contributed by atoms with van der Waals surface area (Å²) in [6, 6.07) is 16.9. The van der Waals surface area contributed by atoms with E-state index in [0.29, 0.717) is 0 Å². The second-order valence-corrected chi connectivity index (χ2v) is 9.67. The summed E-state index contributed by atoms with van der Waals surface area (Å²) < 4.78 is 7.68. The van der Waals surface area contributed by atoms with Gasteiger partial charge in [0.1, 0.15) is 13.1 Å². The largest absolute Gasteiger partial charge is 0.463 e. The minimum atomic E-state index is -0.222. The van der Waals surface area contributed by atoms with Gasteiger partial charge in [-0.05, 0) is 61.7 Å². The molecule has 1 aromatic carbocycles. The van der Waals surface area contributed by atoms with Gasteiger partial charge in [0.15, 0.2) is 11.8 Å². The number of furan rings is 1. The number of tetrazole rings is 1. The molecule has 0 aliphatic rings. The summed E-state index contributed by atoms with van der Waals surface area (Å²) in [6.45, 7) is 10.1. The van der Waals surface area contributed by atoms with Crippen LogP contribution in [0.3, 0.4) is 0 Å². The van der Waals surface area contributed by atoms with Crippen molar-refractivity contribution in [3.8, 4) is 0 Å². The highest BCUT2D eigenvalue weighted by atomic mass is 32.1. The van der Waals surface area contributed by atoms with E-state index >= 15 is 0 Å². The zero-order chi connectivity index (χ0) is 21.1. The number of hydrogen-bond donors (Lipinski definition) is 1. The average Bonchev–Trinajstić information content (AvgIpc) is 3.45. The molecule has 3 aromatic heterocycles. The van der Waals surface area contributed by atoms with Gasteiger partial charge in [-0.15, -0.1) is 16.4 Å². The molecular formula is C23H28N5OS+. The highest BCUT2D eigenvalue weighted by Crippen LogP contribution is 2.23. The standard InChI is InChI=1S/C23H27N5OS/c1-17-9-11-18(12-10-17)21(22-24-25-26-28(22)23(2,3)4)27(15-19-7-5-13-29-19)16-20-8-6-14-30-20/h5-14,21H,15-16H2,1-4H3/p+1/t21-/m0/s1. The van der Waals surface area contributed by atoms with E-state index in [4.69, 9.17) is 4.42 Å². The fourth-order valence-corrected chi connectivity index (χ4v) is 4.48. The van der Waals surface area contributed by atoms with Gasteiger partial charge in [-0.25, -0.2) is 4.68 Å². The van der Waals surface area contributed by atoms with Crippen LogP contribution in [0.2, 0.25) is 0 Å². The quantitative estimate of drug-likeness (QED) is 0.493. The molecule has 0 fully saturated rings. The molecule has 0 saturated heterocycles. The lowest BCUT2D eigenvalue weighted by atomic mass is 10.0. The summed E-state index contributed by atoms with van der Waals surface area (Å²) in [5.74, 6) is 1.82. The molecule has 2 atom stereocenters. The summed E-state index contributed by atoms with van der Waals surface area (Å²) in [6.07, 6.45) is 1.73. The van der Waals surface area contributed by atoms with Crippen molar-refractivity contribution in [3.63, 3.8) is 0 Å². The van der Waals surface area contributed by atoms with Gasteiger partial charge in [-0.1, -0.05) is 35.9 Å². The van der Waals surface area contributed by atoms with Crippen LogP contribution in [0.15, 0.2) is 64.6 Å². The number of aryl methyl sites for hydroxylation is 1. The monoisotopic (exact) mass is 422 g/mol. The van der Waals surface area contributed by atoms with Crippen molar-refractivity contribution in [1.82, 2.24) is 20.2 Å². The first kappa shape index (κ1) is 20.5. The Balaban J connectivity index is 1.82. The molecule has 1 unspecified atom stereocenters. The Hall–Kier alpha value is -2.77. The fourth-order valence-electron chi connectivity index (χ4n) is 3.72. The van der Waals surface area contributed by atoms with Gasteiger partial charge >= 0.3 is 0 Å². The highest BCUT2D eigenvalue weighted by Gasteiger charge is 2.35. The van der Waals surface area contributed by atoms with Gasteiger partial charge < -0.3 is 9.32 Å². The summed E-state index contributed by atoms with van der Waals surface area (Å²) in [5, 5.41) is 15.0. The maximum absolute atomic E-state index is 5.73. The van der Waals surface area contributed by atoms with E-state index in [1.165, 1.54) is 20.9 Å². The number of thiophene rings is 1. The molecule has 4 rings (SSSR count). The summed E-state index contributed by atoms with van der Waals surface area (Å²) in [4.78, 5) is 2.64. The SMILES string of the molecule is Cc1ccc([C@@H](c2nnnn2C(C)(C)C)[NH+](Cc2ccco2)Cc2cccs2)cc1. The molecule has 0 radical (unpaired) electrons. The number of hydrogen-bond acceptors (Lipinski definition) is 5. The van der Waals surface area contributed by atoms with Crippen LogP contribution in [0.25, 0.3) is 0 Å². The minimum absolute atomic E-state index is 0.0352. The van der Waals surface area contributed by atoms with Crippen molar-refractivity contribution in [2.24, 2.45) is 0 Å². The van der Waals surface area contributed by atoms with E-state index in [0.717, 1.165) is 24.7 Å². The van der Waals surface area contributed by atoms with E-state index in [2.05, 4.69) is 85.0 Å². The van der Waals surface area contributed by atoms with E-state index in [9.17, 15) is 0 Å². The van der Waals surface area contributed by atoms with Crippen LogP contribution < -0.4 is 4.90 Å². The van der Waals surface area contributed by atoms with Crippen molar-refractivity contribution in [3.05, 3.63) is 87.8 Å². The lowest BCUT2D eigenvalue weighted by molar-refractivity contribution is -0.953. The van der Waals surface area contributed by atoms with Crippen molar-refractivity contribution in [2.75, 3.05) is 0 Å². The summed E-state index contributed by atoms with van der Waals surface area (Å²) in [5.41, 5.74) is 2.21. The Kier molecular flexibility index (Phi) is 5.83. The molecule has 0 saturated carbocycles. The zero-order valence-corrected chi connectivity index (χ0v) is 18.7. The summed E-state index contributed by atoms with van der Waals surface area (Å²) >= 11 is 1.78. The minimum Gasteiger partial charge on any atom is -0.463 e. The Morgan fingerprint density at radius 2 is 1.87 bits per heavy atom. The first-order chi connectivity index (χ1) is 14.4. The average molecular weight is 423 g/mol. The molecule has 156 valence electrons. The number of nitrogens with one attached hydrogen (secondary N) is 1. The first-order valence-corrected chi connectivity index (χ1v) is 11.0. The van der Waals surface area contributed by atoms with Crippen LogP contribution in [0.4, 0.5) is 0 Å². The first-order valence-electron chi connectivity index (χ1n) is 10.2. The van der Waals surface area contributed by atoms with Gasteiger partial charge in [-0.3, -0.25) is 0 Å². The lowest BCUT2D eigenvalue weighted by Crippen LogP contribution is -3.10. The van der Waals surface area contributed by atoms with E-state index in [1.54, 1.807) is 17.6 Å². The Morgan fingerprint density at radius 1 is 1.07 bits per heavy atom. The third-order valence-corrected chi connectivity index (χ3v) is 6.05. The van der Waals surface area contributed by atoms with Gasteiger partial charge in [0.2, 0.25) is 5.82 Å². The molecule has 6 nitrogen and oxygen atoms in total. The maximum Gasteiger partial charge on any atom is 0.214 e. The smallest absolute Gasteiger partial charge is 0.214 e. The van der Waals surface area contributed by atoms with Crippen LogP contribution >= 0.6 is 11.3 Å². The number of aromatic nitrogens is 4. The van der Waals surface area contributed by atoms with Crippen LogP contribution in [0.5, 0.6) is 0 Å². The summed E-state index contributed by atoms with van der Waals surface area (Å²) in [7, 11) is 0. The maximum atomic E-state index is 5.73. The Morgan fingerprint density at radius 3 is 2.50 bits per heavy atom. The fraction of sp³-hybridized carbons (Fsp3) is 0.348. The van der Waals surface area contributed by atoms with Crippen LogP contribution in [-0.2, 0) is 18.6 Å². The Labute approximate surface area is 181 Å². The molecule has 3 heterocycles. The molecule has 30 heavy (non-hydrogen) atoms. The molecule has 0 amide bonds. The van der Waals surface area contributed by atoms with Crippen molar-refractivity contribution in [2.45, 2.75) is 52.4 Å². The van der Waals surface area contributed by atoms with Crippen molar-refractivity contribution < 1.29 is 9.32 Å². The van der Waals surface area contributed by atoms with E-state index < -0.39 is 0 Å². The molecule has 4 aromatic rings. The van der Waals surface area contributed by atoms with Gasteiger partial charge in [0, 0.05) is 5.56 Å². The number of benzene rings is 1. The topological polar surface area (TPSA) is 61.2 Å². The predicted octanol–water partition coefficient (Wildman–Crippen LogP) is 3.77. The van der Waals surface area contributed by atoms with Gasteiger partial charge in [0.05, 0.1) is 16.7 Å². The van der Waals surface area contributed by atoms with Crippen LogP contribution in [-0.4, -0.2) is 20.2 Å². The molecule has 0 aliphatic heterocycles.